The number of aromatic nitrogens is 1. The first-order valence-electron chi connectivity index (χ1n) is 6.11. The molecule has 1 atom stereocenters. The summed E-state index contributed by atoms with van der Waals surface area (Å²) < 4.78 is 23.6. The van der Waals surface area contributed by atoms with Crippen LogP contribution in [0.1, 0.15) is 30.6 Å². The quantitative estimate of drug-likeness (QED) is 0.787. The van der Waals surface area contributed by atoms with Crippen LogP contribution in [-0.2, 0) is 9.84 Å². The Kier molecular flexibility index (Phi) is 3.70. The minimum absolute atomic E-state index is 0.0353. The van der Waals surface area contributed by atoms with Gasteiger partial charge >= 0.3 is 0 Å². The molecule has 0 spiro atoms. The summed E-state index contributed by atoms with van der Waals surface area (Å²) in [5.41, 5.74) is -0.277. The van der Waals surface area contributed by atoms with Gasteiger partial charge < -0.3 is 4.90 Å². The average Bonchev–Trinajstić information content (AvgIpc) is 2.79. The molecule has 1 aromatic rings. The van der Waals surface area contributed by atoms with Crippen LogP contribution in [0.4, 0.5) is 0 Å². The van der Waals surface area contributed by atoms with Crippen molar-refractivity contribution in [2.24, 2.45) is 5.41 Å². The van der Waals surface area contributed by atoms with Crippen LogP contribution in [0.25, 0.3) is 0 Å². The number of carbonyl (C=O) groups is 1. The molecule has 0 bridgehead atoms. The highest BCUT2D eigenvalue weighted by Crippen LogP contribution is 2.30. The summed E-state index contributed by atoms with van der Waals surface area (Å²) in [5, 5.41) is 2.17. The summed E-state index contributed by atoms with van der Waals surface area (Å²) in [7, 11) is -3.06. The van der Waals surface area contributed by atoms with Crippen molar-refractivity contribution in [3.8, 4) is 0 Å². The van der Waals surface area contributed by atoms with Crippen molar-refractivity contribution < 1.29 is 13.2 Å². The van der Waals surface area contributed by atoms with E-state index in [1.54, 1.807) is 16.5 Å². The minimum atomic E-state index is -3.06. The number of carbonyl (C=O) groups excluding carboxylic acids is 1. The van der Waals surface area contributed by atoms with E-state index in [4.69, 9.17) is 0 Å². The Hall–Kier alpha value is -0.950. The van der Waals surface area contributed by atoms with E-state index in [1.165, 1.54) is 11.3 Å². The van der Waals surface area contributed by atoms with E-state index in [0.717, 1.165) is 0 Å². The van der Waals surface area contributed by atoms with Crippen molar-refractivity contribution in [2.45, 2.75) is 26.8 Å². The smallest absolute Gasteiger partial charge is 0.283 e. The number of amides is 1. The first-order valence-corrected chi connectivity index (χ1v) is 8.82. The van der Waals surface area contributed by atoms with Crippen LogP contribution in [0.15, 0.2) is 11.6 Å². The highest BCUT2D eigenvalue weighted by Gasteiger charge is 2.41. The summed E-state index contributed by atoms with van der Waals surface area (Å²) in [6.07, 6.45) is 1.59. The fourth-order valence-electron chi connectivity index (χ4n) is 2.22. The standard InChI is InChI=1S/C12H18N2O3S2/c1-12(2,3)9-8-19(16,17)7-5-14(9)11(15)10-13-4-6-18-10/h4,6,9H,5,7-8H2,1-3H3. The number of rotatable bonds is 1. The summed E-state index contributed by atoms with van der Waals surface area (Å²) in [5.74, 6) is -0.0885. The zero-order valence-corrected chi connectivity index (χ0v) is 12.9. The summed E-state index contributed by atoms with van der Waals surface area (Å²) in [6, 6.07) is -0.303. The third-order valence-electron chi connectivity index (χ3n) is 3.31. The van der Waals surface area contributed by atoms with Crippen LogP contribution in [0.5, 0.6) is 0 Å². The molecule has 0 radical (unpaired) electrons. The van der Waals surface area contributed by atoms with E-state index in [-0.39, 0.29) is 35.4 Å². The number of hydrogen-bond donors (Lipinski definition) is 0. The molecule has 19 heavy (non-hydrogen) atoms. The molecular weight excluding hydrogens is 284 g/mol. The molecule has 2 rings (SSSR count). The van der Waals surface area contributed by atoms with Crippen molar-refractivity contribution in [1.29, 1.82) is 0 Å². The molecule has 2 heterocycles. The third kappa shape index (κ3) is 3.14. The zero-order valence-electron chi connectivity index (χ0n) is 11.3. The van der Waals surface area contributed by atoms with Crippen LogP contribution >= 0.6 is 11.3 Å². The van der Waals surface area contributed by atoms with Crippen LogP contribution < -0.4 is 0 Å². The first-order chi connectivity index (χ1) is 8.71. The van der Waals surface area contributed by atoms with Gasteiger partial charge in [0.25, 0.3) is 5.91 Å². The van der Waals surface area contributed by atoms with Crippen molar-refractivity contribution >= 4 is 27.1 Å². The van der Waals surface area contributed by atoms with Crippen molar-refractivity contribution in [2.75, 3.05) is 18.1 Å². The SMILES string of the molecule is CC(C)(C)C1CS(=O)(=O)CCN1C(=O)c1nccs1. The van der Waals surface area contributed by atoms with Gasteiger partial charge in [-0.1, -0.05) is 20.8 Å². The Balaban J connectivity index is 2.31. The molecule has 1 unspecified atom stereocenters. The molecule has 0 N–H and O–H groups in total. The second-order valence-corrected chi connectivity index (χ2v) is 8.96. The highest BCUT2D eigenvalue weighted by atomic mass is 32.2. The van der Waals surface area contributed by atoms with Gasteiger partial charge in [0.05, 0.1) is 17.5 Å². The van der Waals surface area contributed by atoms with E-state index < -0.39 is 9.84 Å². The Bertz CT molecular complexity index is 558. The fourth-order valence-corrected chi connectivity index (χ4v) is 4.61. The molecule has 1 fully saturated rings. The average molecular weight is 302 g/mol. The molecule has 1 saturated heterocycles. The van der Waals surface area contributed by atoms with Gasteiger partial charge in [0.15, 0.2) is 14.8 Å². The van der Waals surface area contributed by atoms with E-state index in [0.29, 0.717) is 5.01 Å². The second kappa shape index (κ2) is 4.86. The Labute approximate surface area is 117 Å². The van der Waals surface area contributed by atoms with Crippen LogP contribution in [0.2, 0.25) is 0 Å². The van der Waals surface area contributed by atoms with Crippen LogP contribution in [0, 0.1) is 5.41 Å². The van der Waals surface area contributed by atoms with E-state index >= 15 is 0 Å². The van der Waals surface area contributed by atoms with Gasteiger partial charge in [0.1, 0.15) is 0 Å². The largest absolute Gasteiger partial charge is 0.331 e. The number of hydrogen-bond acceptors (Lipinski definition) is 5. The summed E-state index contributed by atoms with van der Waals surface area (Å²) >= 11 is 1.29. The molecule has 0 aliphatic carbocycles. The van der Waals surface area contributed by atoms with Crippen LogP contribution in [-0.4, -0.2) is 48.3 Å². The van der Waals surface area contributed by atoms with E-state index in [1.807, 2.05) is 20.8 Å². The maximum atomic E-state index is 12.4. The monoisotopic (exact) mass is 302 g/mol. The molecule has 1 amide bonds. The predicted molar refractivity (Wildman–Crippen MR) is 75.0 cm³/mol. The molecule has 106 valence electrons. The van der Waals surface area contributed by atoms with Crippen LogP contribution in [0.3, 0.4) is 0 Å². The molecule has 1 aromatic heterocycles. The topological polar surface area (TPSA) is 67.3 Å². The fraction of sp³-hybridized carbons (Fsp3) is 0.667. The molecule has 7 heteroatoms. The highest BCUT2D eigenvalue weighted by molar-refractivity contribution is 7.91. The number of sulfone groups is 1. The lowest BCUT2D eigenvalue weighted by molar-refractivity contribution is 0.0561. The third-order valence-corrected chi connectivity index (χ3v) is 5.70. The van der Waals surface area contributed by atoms with Gasteiger partial charge in [-0.2, -0.15) is 0 Å². The maximum absolute atomic E-state index is 12.4. The normalized spacial score (nSPS) is 23.3. The van der Waals surface area contributed by atoms with E-state index in [2.05, 4.69) is 4.98 Å². The molecule has 1 aliphatic rings. The Morgan fingerprint density at radius 1 is 1.47 bits per heavy atom. The zero-order chi connectivity index (χ0) is 14.3. The molecule has 0 saturated carbocycles. The molecule has 0 aromatic carbocycles. The summed E-state index contributed by atoms with van der Waals surface area (Å²) in [4.78, 5) is 18.1. The predicted octanol–water partition coefficient (Wildman–Crippen LogP) is 1.43. The lowest BCUT2D eigenvalue weighted by Crippen LogP contribution is -2.56. The minimum Gasteiger partial charge on any atom is -0.331 e. The number of nitrogens with zero attached hydrogens (tertiary/aromatic N) is 2. The lowest BCUT2D eigenvalue weighted by atomic mass is 9.86. The van der Waals surface area contributed by atoms with Crippen molar-refractivity contribution in [3.05, 3.63) is 16.6 Å². The summed E-state index contributed by atoms with van der Waals surface area (Å²) in [6.45, 7) is 6.13. The second-order valence-electron chi connectivity index (χ2n) is 5.83. The Morgan fingerprint density at radius 3 is 2.68 bits per heavy atom. The van der Waals surface area contributed by atoms with Gasteiger partial charge in [-0.3, -0.25) is 4.79 Å². The molecular formula is C12H18N2O3S2. The van der Waals surface area contributed by atoms with Gasteiger partial charge in [0, 0.05) is 18.1 Å². The van der Waals surface area contributed by atoms with Crippen molar-refractivity contribution in [1.82, 2.24) is 9.88 Å². The van der Waals surface area contributed by atoms with Gasteiger partial charge in [0.2, 0.25) is 0 Å². The van der Waals surface area contributed by atoms with E-state index in [9.17, 15) is 13.2 Å². The lowest BCUT2D eigenvalue weighted by Gasteiger charge is -2.42. The van der Waals surface area contributed by atoms with Crippen molar-refractivity contribution in [3.63, 3.8) is 0 Å². The van der Waals surface area contributed by atoms with Gasteiger partial charge in [-0.05, 0) is 5.41 Å². The molecule has 5 nitrogen and oxygen atoms in total. The molecule has 1 aliphatic heterocycles. The Morgan fingerprint density at radius 2 is 2.16 bits per heavy atom. The number of thiazole rings is 1. The van der Waals surface area contributed by atoms with Gasteiger partial charge in [-0.15, -0.1) is 11.3 Å². The van der Waals surface area contributed by atoms with Gasteiger partial charge in [-0.25, -0.2) is 13.4 Å². The first kappa shape index (κ1) is 14.5. The maximum Gasteiger partial charge on any atom is 0.283 e.